The Morgan fingerprint density at radius 3 is 2.39 bits per heavy atom. The van der Waals surface area contributed by atoms with Gasteiger partial charge in [-0.05, 0) is 68.0 Å². The van der Waals surface area contributed by atoms with Gasteiger partial charge in [-0.25, -0.2) is 4.98 Å². The Morgan fingerprint density at radius 1 is 1.05 bits per heavy atom. The SMILES string of the molecule is CCn1nc(C(C)C)cc1C(=O)NC1(c2ccc(NC(=O)c3nc4ccccc4n(C)c3=O)cc2)CCC1. The Bertz CT molecular complexity index is 1580. The number of rotatable bonds is 7. The summed E-state index contributed by atoms with van der Waals surface area (Å²) in [6.07, 6.45) is 2.68. The van der Waals surface area contributed by atoms with Gasteiger partial charge < -0.3 is 15.2 Å². The molecule has 9 nitrogen and oxygen atoms in total. The van der Waals surface area contributed by atoms with Crippen molar-refractivity contribution in [3.63, 3.8) is 0 Å². The summed E-state index contributed by atoms with van der Waals surface area (Å²) in [5.74, 6) is -0.467. The van der Waals surface area contributed by atoms with Crippen LogP contribution >= 0.6 is 0 Å². The largest absolute Gasteiger partial charge is 0.341 e. The molecular weight excluding hydrogens is 480 g/mol. The molecule has 2 aromatic heterocycles. The van der Waals surface area contributed by atoms with Crippen molar-refractivity contribution < 1.29 is 9.59 Å². The van der Waals surface area contributed by atoms with E-state index in [2.05, 4.69) is 34.6 Å². The molecule has 2 aromatic carbocycles. The minimum atomic E-state index is -0.565. The molecule has 0 bridgehead atoms. The van der Waals surface area contributed by atoms with Crippen LogP contribution in [0.1, 0.15) is 78.2 Å². The third kappa shape index (κ3) is 4.49. The molecule has 1 fully saturated rings. The second-order valence-electron chi connectivity index (χ2n) is 10.2. The third-order valence-electron chi connectivity index (χ3n) is 7.38. The number of aromatic nitrogens is 4. The predicted molar refractivity (Wildman–Crippen MR) is 146 cm³/mol. The van der Waals surface area contributed by atoms with E-state index in [9.17, 15) is 14.4 Å². The second-order valence-corrected chi connectivity index (χ2v) is 10.2. The van der Waals surface area contributed by atoms with E-state index in [1.807, 2.05) is 37.3 Å². The molecule has 1 aliphatic rings. The van der Waals surface area contributed by atoms with Crippen molar-refractivity contribution in [1.29, 1.82) is 0 Å². The molecule has 1 aliphatic carbocycles. The molecule has 4 aromatic rings. The summed E-state index contributed by atoms with van der Waals surface area (Å²) in [5.41, 5.74) is 3.13. The number of benzene rings is 2. The molecule has 0 saturated heterocycles. The maximum Gasteiger partial charge on any atom is 0.282 e. The third-order valence-corrected chi connectivity index (χ3v) is 7.38. The highest BCUT2D eigenvalue weighted by molar-refractivity contribution is 6.03. The van der Waals surface area contributed by atoms with Gasteiger partial charge >= 0.3 is 0 Å². The molecule has 0 spiro atoms. The van der Waals surface area contributed by atoms with Crippen molar-refractivity contribution in [2.24, 2.45) is 7.05 Å². The van der Waals surface area contributed by atoms with Crippen LogP contribution in [0.2, 0.25) is 0 Å². The minimum absolute atomic E-state index is 0.137. The number of carbonyl (C=O) groups is 2. The van der Waals surface area contributed by atoms with Gasteiger partial charge in [-0.1, -0.05) is 38.1 Å². The number of fused-ring (bicyclic) bond motifs is 1. The summed E-state index contributed by atoms with van der Waals surface area (Å²) >= 11 is 0. The van der Waals surface area contributed by atoms with Gasteiger partial charge in [0.15, 0.2) is 5.69 Å². The summed E-state index contributed by atoms with van der Waals surface area (Å²) in [5, 5.41) is 10.6. The number of aryl methyl sites for hydroxylation is 2. The van der Waals surface area contributed by atoms with E-state index in [4.69, 9.17) is 0 Å². The molecule has 0 unspecified atom stereocenters. The predicted octanol–water partition coefficient (Wildman–Crippen LogP) is 4.33. The van der Waals surface area contributed by atoms with Crippen LogP contribution in [0.3, 0.4) is 0 Å². The van der Waals surface area contributed by atoms with Gasteiger partial charge in [0.05, 0.1) is 22.3 Å². The Labute approximate surface area is 220 Å². The topological polar surface area (TPSA) is 111 Å². The highest BCUT2D eigenvalue weighted by Crippen LogP contribution is 2.42. The van der Waals surface area contributed by atoms with E-state index in [-0.39, 0.29) is 17.5 Å². The maximum atomic E-state index is 13.3. The molecule has 196 valence electrons. The van der Waals surface area contributed by atoms with Gasteiger partial charge in [-0.15, -0.1) is 0 Å². The lowest BCUT2D eigenvalue weighted by molar-refractivity contribution is 0.0812. The van der Waals surface area contributed by atoms with Crippen LogP contribution in [0.4, 0.5) is 5.69 Å². The van der Waals surface area contributed by atoms with E-state index < -0.39 is 17.0 Å². The fourth-order valence-corrected chi connectivity index (χ4v) is 4.93. The summed E-state index contributed by atoms with van der Waals surface area (Å²) in [6.45, 7) is 6.71. The molecular formula is C29H32N6O3. The first kappa shape index (κ1) is 25.4. The number of nitrogens with zero attached hydrogens (tertiary/aromatic N) is 4. The molecule has 9 heteroatoms. The molecule has 0 atom stereocenters. The van der Waals surface area contributed by atoms with Crippen LogP contribution in [0.5, 0.6) is 0 Å². The second kappa shape index (κ2) is 9.89. The summed E-state index contributed by atoms with van der Waals surface area (Å²) in [7, 11) is 1.63. The minimum Gasteiger partial charge on any atom is -0.341 e. The number of hydrogen-bond acceptors (Lipinski definition) is 5. The van der Waals surface area contributed by atoms with E-state index in [1.165, 1.54) is 4.57 Å². The summed E-state index contributed by atoms with van der Waals surface area (Å²) in [6, 6.07) is 16.5. The molecule has 5 rings (SSSR count). The molecule has 2 heterocycles. The Hall–Kier alpha value is -4.27. The first-order chi connectivity index (χ1) is 18.2. The zero-order chi connectivity index (χ0) is 27.0. The van der Waals surface area contributed by atoms with Crippen molar-refractivity contribution in [3.8, 4) is 0 Å². The fraction of sp³-hybridized carbons (Fsp3) is 0.345. The molecule has 2 amide bonds. The zero-order valence-electron chi connectivity index (χ0n) is 22.1. The van der Waals surface area contributed by atoms with Crippen LogP contribution in [-0.2, 0) is 19.1 Å². The van der Waals surface area contributed by atoms with Gasteiger partial charge in [-0.2, -0.15) is 5.10 Å². The van der Waals surface area contributed by atoms with Gasteiger partial charge in [0.2, 0.25) is 0 Å². The number of anilines is 1. The van der Waals surface area contributed by atoms with Crippen molar-refractivity contribution in [1.82, 2.24) is 24.6 Å². The first-order valence-electron chi connectivity index (χ1n) is 13.0. The molecule has 2 N–H and O–H groups in total. The molecule has 38 heavy (non-hydrogen) atoms. The monoisotopic (exact) mass is 512 g/mol. The lowest BCUT2D eigenvalue weighted by atomic mass is 9.71. The van der Waals surface area contributed by atoms with Crippen LogP contribution in [0.15, 0.2) is 59.4 Å². The number of amides is 2. The standard InChI is InChI=1S/C29H32N6O3/c1-5-35-24(17-22(33-35)18(2)3)26(36)32-29(15-8-16-29)19-11-13-20(14-12-19)30-27(37)25-28(38)34(4)23-10-7-6-9-21(23)31-25/h6-7,9-14,17-18H,5,8,15-16H2,1-4H3,(H,30,37)(H,32,36). The fourth-order valence-electron chi connectivity index (χ4n) is 4.93. The molecule has 1 saturated carbocycles. The van der Waals surface area contributed by atoms with Crippen LogP contribution < -0.4 is 16.2 Å². The van der Waals surface area contributed by atoms with Crippen molar-refractivity contribution in [3.05, 3.63) is 87.6 Å². The molecule has 0 radical (unpaired) electrons. The van der Waals surface area contributed by atoms with Gasteiger partial charge in [0.1, 0.15) is 5.69 Å². The van der Waals surface area contributed by atoms with Crippen LogP contribution in [-0.4, -0.2) is 31.1 Å². The first-order valence-corrected chi connectivity index (χ1v) is 13.0. The number of para-hydroxylation sites is 2. The Balaban J connectivity index is 1.34. The van der Waals surface area contributed by atoms with E-state index in [1.54, 1.807) is 36.0 Å². The maximum absolute atomic E-state index is 13.3. The van der Waals surface area contributed by atoms with Gasteiger partial charge in [-0.3, -0.25) is 19.1 Å². The Morgan fingerprint density at radius 2 is 1.76 bits per heavy atom. The lowest BCUT2D eigenvalue weighted by Crippen LogP contribution is -2.51. The van der Waals surface area contributed by atoms with E-state index in [0.29, 0.717) is 29.0 Å². The van der Waals surface area contributed by atoms with E-state index >= 15 is 0 Å². The number of nitrogens with one attached hydrogen (secondary N) is 2. The van der Waals surface area contributed by atoms with Crippen LogP contribution in [0, 0.1) is 0 Å². The molecule has 0 aliphatic heterocycles. The average molecular weight is 513 g/mol. The highest BCUT2D eigenvalue weighted by Gasteiger charge is 2.40. The lowest BCUT2D eigenvalue weighted by Gasteiger charge is -2.43. The zero-order valence-corrected chi connectivity index (χ0v) is 22.1. The quantitative estimate of drug-likeness (QED) is 0.383. The van der Waals surface area contributed by atoms with Crippen molar-refractivity contribution in [2.45, 2.75) is 58.0 Å². The summed E-state index contributed by atoms with van der Waals surface area (Å²) < 4.78 is 3.18. The van der Waals surface area contributed by atoms with Gasteiger partial charge in [0.25, 0.3) is 17.4 Å². The van der Waals surface area contributed by atoms with Crippen molar-refractivity contribution in [2.75, 3.05) is 5.32 Å². The number of carbonyl (C=O) groups excluding carboxylic acids is 2. The van der Waals surface area contributed by atoms with Crippen LogP contribution in [0.25, 0.3) is 11.0 Å². The van der Waals surface area contributed by atoms with Gasteiger partial charge in [0, 0.05) is 19.3 Å². The smallest absolute Gasteiger partial charge is 0.282 e. The average Bonchev–Trinajstić information content (AvgIpc) is 3.34. The van der Waals surface area contributed by atoms with E-state index in [0.717, 1.165) is 30.5 Å². The Kier molecular flexibility index (Phi) is 6.60. The van der Waals surface area contributed by atoms with Crippen molar-refractivity contribution >= 4 is 28.5 Å². The summed E-state index contributed by atoms with van der Waals surface area (Å²) in [4.78, 5) is 43.3. The highest BCUT2D eigenvalue weighted by atomic mass is 16.2. The normalized spacial score (nSPS) is 14.3. The number of hydrogen-bond donors (Lipinski definition) is 2.